The van der Waals surface area contributed by atoms with Crippen LogP contribution in [-0.4, -0.2) is 47.4 Å². The molecular formula is C47H85NO5. The van der Waals surface area contributed by atoms with E-state index in [1.807, 2.05) is 6.08 Å². The standard InChI is InChI=1S/C47H85NO5/c1-3-5-7-9-11-13-15-16-21-25-29-33-37-41-47(52)53-42-38-34-30-26-22-18-17-20-24-28-32-36-40-46(51)48-44(43-49)45(50)39-35-31-27-23-19-14-12-10-8-6-4-2/h7,9,13,15,18,22,35,39,44-45,49-50H,3-6,8,10-12,14,16-17,19-21,23-34,36-38,40-43H2,1-2H3,(H,48,51)/b9-7-,15-13-,22-18-,39-35+. The van der Waals surface area contributed by atoms with Crippen molar-refractivity contribution in [2.24, 2.45) is 0 Å². The molecule has 0 aromatic carbocycles. The molecule has 53 heavy (non-hydrogen) atoms. The van der Waals surface area contributed by atoms with E-state index in [2.05, 4.69) is 55.6 Å². The second kappa shape index (κ2) is 42.6. The normalized spacial score (nSPS) is 13.2. The van der Waals surface area contributed by atoms with Crippen molar-refractivity contribution < 1.29 is 24.5 Å². The first kappa shape index (κ1) is 50.8. The SMILES string of the molecule is CCC/C=C\C/C=C\CCCCCCCC(=O)OCCCCC/C=C\CCCCCCCC(=O)NC(CO)C(O)/C=C/CCCCCCCCCCC. The molecule has 0 aliphatic heterocycles. The van der Waals surface area contributed by atoms with E-state index < -0.39 is 12.1 Å². The van der Waals surface area contributed by atoms with Gasteiger partial charge in [-0.15, -0.1) is 0 Å². The van der Waals surface area contributed by atoms with Crippen LogP contribution in [0.15, 0.2) is 48.6 Å². The smallest absolute Gasteiger partial charge is 0.305 e. The topological polar surface area (TPSA) is 95.9 Å². The fraction of sp³-hybridized carbons (Fsp3) is 0.787. The number of nitrogens with one attached hydrogen (secondary N) is 1. The van der Waals surface area contributed by atoms with E-state index in [1.165, 1.54) is 83.5 Å². The monoisotopic (exact) mass is 744 g/mol. The van der Waals surface area contributed by atoms with Gasteiger partial charge in [-0.1, -0.05) is 159 Å². The Hall–Kier alpha value is -2.18. The zero-order valence-electron chi connectivity index (χ0n) is 34.7. The lowest BCUT2D eigenvalue weighted by atomic mass is 10.1. The van der Waals surface area contributed by atoms with E-state index in [-0.39, 0.29) is 18.5 Å². The fourth-order valence-corrected chi connectivity index (χ4v) is 6.31. The number of carbonyl (C=O) groups is 2. The van der Waals surface area contributed by atoms with Gasteiger partial charge in [0.1, 0.15) is 0 Å². The van der Waals surface area contributed by atoms with Gasteiger partial charge in [-0.3, -0.25) is 9.59 Å². The maximum Gasteiger partial charge on any atom is 0.305 e. The summed E-state index contributed by atoms with van der Waals surface area (Å²) in [4.78, 5) is 24.3. The summed E-state index contributed by atoms with van der Waals surface area (Å²) in [5, 5.41) is 22.9. The number of amides is 1. The molecule has 2 unspecified atom stereocenters. The minimum atomic E-state index is -0.860. The van der Waals surface area contributed by atoms with Crippen molar-refractivity contribution in [3.05, 3.63) is 48.6 Å². The minimum absolute atomic E-state index is 0.0414. The molecule has 0 aromatic heterocycles. The van der Waals surface area contributed by atoms with Gasteiger partial charge in [-0.05, 0) is 89.9 Å². The quantitative estimate of drug-likeness (QED) is 0.0330. The lowest BCUT2D eigenvalue weighted by molar-refractivity contribution is -0.143. The van der Waals surface area contributed by atoms with Crippen molar-refractivity contribution in [2.45, 2.75) is 225 Å². The van der Waals surface area contributed by atoms with Crippen LogP contribution < -0.4 is 5.32 Å². The van der Waals surface area contributed by atoms with Gasteiger partial charge in [-0.2, -0.15) is 0 Å². The van der Waals surface area contributed by atoms with Crippen LogP contribution in [0.1, 0.15) is 213 Å². The van der Waals surface area contributed by atoms with E-state index >= 15 is 0 Å². The zero-order valence-corrected chi connectivity index (χ0v) is 34.7. The molecule has 0 radical (unpaired) electrons. The Morgan fingerprint density at radius 3 is 1.53 bits per heavy atom. The Morgan fingerprint density at radius 1 is 0.528 bits per heavy atom. The van der Waals surface area contributed by atoms with E-state index in [1.54, 1.807) is 6.08 Å². The summed E-state index contributed by atoms with van der Waals surface area (Å²) in [6.07, 6.45) is 50.9. The molecule has 0 rings (SSSR count). The molecule has 0 aliphatic carbocycles. The van der Waals surface area contributed by atoms with Crippen LogP contribution in [0.25, 0.3) is 0 Å². The second-order valence-electron chi connectivity index (χ2n) is 15.0. The number of ether oxygens (including phenoxy) is 1. The third kappa shape index (κ3) is 39.3. The highest BCUT2D eigenvalue weighted by molar-refractivity contribution is 5.76. The van der Waals surface area contributed by atoms with Crippen LogP contribution >= 0.6 is 0 Å². The van der Waals surface area contributed by atoms with Gasteiger partial charge in [0.15, 0.2) is 0 Å². The number of hydrogen-bond acceptors (Lipinski definition) is 5. The number of aliphatic hydroxyl groups is 2. The van der Waals surface area contributed by atoms with Crippen molar-refractivity contribution in [3.8, 4) is 0 Å². The van der Waals surface area contributed by atoms with Crippen molar-refractivity contribution in [2.75, 3.05) is 13.2 Å². The average Bonchev–Trinajstić information content (AvgIpc) is 3.16. The van der Waals surface area contributed by atoms with Crippen LogP contribution in [0, 0.1) is 0 Å². The van der Waals surface area contributed by atoms with E-state index in [0.29, 0.717) is 19.4 Å². The van der Waals surface area contributed by atoms with Crippen molar-refractivity contribution in [3.63, 3.8) is 0 Å². The predicted molar refractivity (Wildman–Crippen MR) is 227 cm³/mol. The number of unbranched alkanes of at least 4 members (excludes halogenated alkanes) is 23. The molecule has 6 heteroatoms. The molecule has 308 valence electrons. The van der Waals surface area contributed by atoms with E-state index in [4.69, 9.17) is 4.74 Å². The first-order valence-corrected chi connectivity index (χ1v) is 22.4. The Balaban J connectivity index is 3.57. The van der Waals surface area contributed by atoms with Crippen LogP contribution in [0.3, 0.4) is 0 Å². The highest BCUT2D eigenvalue weighted by atomic mass is 16.5. The minimum Gasteiger partial charge on any atom is -0.466 e. The molecule has 2 atom stereocenters. The third-order valence-corrected chi connectivity index (χ3v) is 9.79. The molecule has 0 bridgehead atoms. The Morgan fingerprint density at radius 2 is 0.981 bits per heavy atom. The number of aliphatic hydroxyl groups excluding tert-OH is 2. The number of esters is 1. The molecule has 0 aromatic rings. The van der Waals surface area contributed by atoms with Gasteiger partial charge in [0.05, 0.1) is 25.4 Å². The average molecular weight is 744 g/mol. The number of rotatable bonds is 40. The summed E-state index contributed by atoms with van der Waals surface area (Å²) < 4.78 is 5.41. The highest BCUT2D eigenvalue weighted by Gasteiger charge is 2.18. The molecule has 0 saturated heterocycles. The molecule has 0 spiro atoms. The van der Waals surface area contributed by atoms with Gasteiger partial charge in [0, 0.05) is 12.8 Å². The van der Waals surface area contributed by atoms with E-state index in [0.717, 1.165) is 103 Å². The molecular weight excluding hydrogens is 659 g/mol. The number of hydrogen-bond donors (Lipinski definition) is 3. The van der Waals surface area contributed by atoms with Gasteiger partial charge in [0.2, 0.25) is 5.91 Å². The maximum absolute atomic E-state index is 12.4. The van der Waals surface area contributed by atoms with Gasteiger partial charge < -0.3 is 20.3 Å². The first-order chi connectivity index (χ1) is 26.0. The number of carbonyl (C=O) groups excluding carboxylic acids is 2. The Bertz CT molecular complexity index is 911. The summed E-state index contributed by atoms with van der Waals surface area (Å²) in [5.74, 6) is -0.140. The molecule has 0 heterocycles. The molecule has 0 saturated carbocycles. The van der Waals surface area contributed by atoms with Crippen molar-refractivity contribution >= 4 is 11.9 Å². The lowest BCUT2D eigenvalue weighted by Crippen LogP contribution is -2.45. The molecule has 1 amide bonds. The predicted octanol–water partition coefficient (Wildman–Crippen LogP) is 12.7. The maximum atomic E-state index is 12.4. The summed E-state index contributed by atoms with van der Waals surface area (Å²) in [6.45, 7) is 4.73. The summed E-state index contributed by atoms with van der Waals surface area (Å²) >= 11 is 0. The fourth-order valence-electron chi connectivity index (χ4n) is 6.31. The third-order valence-electron chi connectivity index (χ3n) is 9.79. The van der Waals surface area contributed by atoms with Crippen LogP contribution in [-0.2, 0) is 14.3 Å². The van der Waals surface area contributed by atoms with Crippen molar-refractivity contribution in [1.29, 1.82) is 0 Å². The van der Waals surface area contributed by atoms with Gasteiger partial charge in [0.25, 0.3) is 0 Å². The largest absolute Gasteiger partial charge is 0.466 e. The number of allylic oxidation sites excluding steroid dienone is 7. The summed E-state index contributed by atoms with van der Waals surface area (Å²) in [7, 11) is 0. The van der Waals surface area contributed by atoms with Crippen LogP contribution in [0.2, 0.25) is 0 Å². The summed E-state index contributed by atoms with van der Waals surface area (Å²) in [5.41, 5.74) is 0. The second-order valence-corrected chi connectivity index (χ2v) is 15.0. The molecule has 6 nitrogen and oxygen atoms in total. The lowest BCUT2D eigenvalue weighted by Gasteiger charge is -2.20. The first-order valence-electron chi connectivity index (χ1n) is 22.4. The van der Waals surface area contributed by atoms with Crippen LogP contribution in [0.4, 0.5) is 0 Å². The molecule has 0 fully saturated rings. The van der Waals surface area contributed by atoms with Gasteiger partial charge >= 0.3 is 5.97 Å². The van der Waals surface area contributed by atoms with Crippen molar-refractivity contribution in [1.82, 2.24) is 5.32 Å². The van der Waals surface area contributed by atoms with Gasteiger partial charge in [-0.25, -0.2) is 0 Å². The van der Waals surface area contributed by atoms with E-state index in [9.17, 15) is 19.8 Å². The summed E-state index contributed by atoms with van der Waals surface area (Å²) in [6, 6.07) is -0.646. The Kier molecular flexibility index (Phi) is 40.8. The van der Waals surface area contributed by atoms with Crippen LogP contribution in [0.5, 0.6) is 0 Å². The molecule has 3 N–H and O–H groups in total. The zero-order chi connectivity index (χ0) is 38.7. The Labute approximate surface area is 327 Å². The highest BCUT2D eigenvalue weighted by Crippen LogP contribution is 2.13. The molecule has 0 aliphatic rings.